The number of carbonyl (C=O) groups excluding carboxylic acids is 2. The highest BCUT2D eigenvalue weighted by Crippen LogP contribution is 2.42. The molecule has 8 nitrogen and oxygen atoms in total. The van der Waals surface area contributed by atoms with Crippen molar-refractivity contribution in [1.82, 2.24) is 15.2 Å². The Morgan fingerprint density at radius 2 is 1.97 bits per heavy atom. The molecule has 1 aromatic carbocycles. The van der Waals surface area contributed by atoms with Crippen LogP contribution in [0.25, 0.3) is 0 Å². The Bertz CT molecular complexity index is 1240. The summed E-state index contributed by atoms with van der Waals surface area (Å²) in [5.41, 5.74) is 2.53. The molecule has 3 heterocycles. The maximum absolute atomic E-state index is 13.8. The van der Waals surface area contributed by atoms with Gasteiger partial charge in [-0.05, 0) is 35.6 Å². The number of hydrogen-bond acceptors (Lipinski definition) is 7. The average Bonchev–Trinajstić information content (AvgIpc) is 2.80. The highest BCUT2D eigenvalue weighted by atomic mass is 35.5. The summed E-state index contributed by atoms with van der Waals surface area (Å²) in [6, 6.07) is 11.3. The predicted molar refractivity (Wildman–Crippen MR) is 130 cm³/mol. The molecule has 34 heavy (non-hydrogen) atoms. The van der Waals surface area contributed by atoms with E-state index in [1.54, 1.807) is 25.3 Å². The first-order valence-electron chi connectivity index (χ1n) is 10.9. The van der Waals surface area contributed by atoms with Crippen molar-refractivity contribution in [3.8, 4) is 5.75 Å². The van der Waals surface area contributed by atoms with Crippen molar-refractivity contribution < 1.29 is 14.3 Å². The Morgan fingerprint density at radius 1 is 1.24 bits per heavy atom. The van der Waals surface area contributed by atoms with Crippen LogP contribution in [0.2, 0.25) is 5.15 Å². The molecule has 175 valence electrons. The normalized spacial score (nSPS) is 14.5. The van der Waals surface area contributed by atoms with E-state index in [1.807, 2.05) is 23.1 Å². The average molecular weight is 479 g/mol. The molecule has 1 aliphatic heterocycles. The molecule has 0 aliphatic carbocycles. The van der Waals surface area contributed by atoms with E-state index in [4.69, 9.17) is 16.3 Å². The molecule has 1 aliphatic rings. The number of methoxy groups -OCH3 is 1. The molecule has 4 rings (SSSR count). The third-order valence-corrected chi connectivity index (χ3v) is 6.35. The molecule has 0 spiro atoms. The quantitative estimate of drug-likeness (QED) is 0.515. The van der Waals surface area contributed by atoms with Crippen LogP contribution in [-0.2, 0) is 15.0 Å². The second-order valence-corrected chi connectivity index (χ2v) is 9.07. The summed E-state index contributed by atoms with van der Waals surface area (Å²) in [5, 5.41) is 11.4. The van der Waals surface area contributed by atoms with Gasteiger partial charge in [-0.15, -0.1) is 10.2 Å². The van der Waals surface area contributed by atoms with Gasteiger partial charge in [0.2, 0.25) is 5.91 Å². The fourth-order valence-corrected chi connectivity index (χ4v) is 4.43. The van der Waals surface area contributed by atoms with E-state index in [0.29, 0.717) is 35.9 Å². The number of benzene rings is 1. The summed E-state index contributed by atoms with van der Waals surface area (Å²) in [6.07, 6.45) is 3.27. The van der Waals surface area contributed by atoms with Gasteiger partial charge in [0.05, 0.1) is 13.3 Å². The molecule has 1 saturated heterocycles. The first-order chi connectivity index (χ1) is 16.3. The number of anilines is 2. The molecule has 2 aromatic heterocycles. The van der Waals surface area contributed by atoms with E-state index in [2.05, 4.69) is 40.4 Å². The van der Waals surface area contributed by atoms with Crippen molar-refractivity contribution >= 4 is 35.3 Å². The monoisotopic (exact) mass is 478 g/mol. The Hall–Kier alpha value is -3.52. The molecule has 0 saturated carbocycles. The Labute approximate surface area is 203 Å². The maximum Gasteiger partial charge on any atom is 0.255 e. The number of hydrogen-bond donors (Lipinski definition) is 1. The predicted octanol–water partition coefficient (Wildman–Crippen LogP) is 3.82. The number of nitrogens with zero attached hydrogens (tertiary/aromatic N) is 4. The zero-order valence-corrected chi connectivity index (χ0v) is 20.2. The highest BCUT2D eigenvalue weighted by molar-refractivity contribution is 6.29. The van der Waals surface area contributed by atoms with Crippen LogP contribution < -0.4 is 15.0 Å². The van der Waals surface area contributed by atoms with Crippen LogP contribution in [-0.4, -0.2) is 47.6 Å². The van der Waals surface area contributed by atoms with E-state index < -0.39 is 5.41 Å². The fourth-order valence-electron chi connectivity index (χ4n) is 4.28. The second kappa shape index (κ2) is 9.38. The van der Waals surface area contributed by atoms with Crippen LogP contribution in [0.5, 0.6) is 5.75 Å². The van der Waals surface area contributed by atoms with Gasteiger partial charge in [-0.25, -0.2) is 4.98 Å². The summed E-state index contributed by atoms with van der Waals surface area (Å²) in [5.74, 6) is 1.08. The minimum absolute atomic E-state index is 0.179. The molecular weight excluding hydrogens is 454 g/mol. The second-order valence-electron chi connectivity index (χ2n) is 8.68. The molecule has 1 amide bonds. The first-order valence-corrected chi connectivity index (χ1v) is 11.2. The lowest BCUT2D eigenvalue weighted by atomic mass is 9.69. The fraction of sp³-hybridized carbons (Fsp3) is 0.320. The number of rotatable bonds is 7. The van der Waals surface area contributed by atoms with Crippen molar-refractivity contribution in [3.63, 3.8) is 0 Å². The number of nitrogens with one attached hydrogen (secondary N) is 1. The minimum Gasteiger partial charge on any atom is -0.494 e. The van der Waals surface area contributed by atoms with Gasteiger partial charge < -0.3 is 15.0 Å². The van der Waals surface area contributed by atoms with Gasteiger partial charge in [0.15, 0.2) is 5.82 Å². The standard InChI is InChI=1S/C25H25ClN5O3/c1-15(2)17-7-5-6-8-18(17)25(24(33)28-19-11-27-22(26)10-21(19)34-4)13-31(14-25)23-9-16(3)20(12-32)29-30-23/h5-11,15H,13-14H2,1-4H3,(H,28,33). The first kappa shape index (κ1) is 23.6. The van der Waals surface area contributed by atoms with Gasteiger partial charge in [-0.1, -0.05) is 49.7 Å². The Kier molecular flexibility index (Phi) is 6.52. The molecule has 1 fully saturated rings. The van der Waals surface area contributed by atoms with E-state index in [9.17, 15) is 9.59 Å². The van der Waals surface area contributed by atoms with E-state index in [0.717, 1.165) is 11.1 Å². The number of pyridine rings is 1. The molecule has 0 bridgehead atoms. The van der Waals surface area contributed by atoms with Crippen LogP contribution in [0.4, 0.5) is 11.5 Å². The van der Waals surface area contributed by atoms with Gasteiger partial charge in [0.1, 0.15) is 27.7 Å². The van der Waals surface area contributed by atoms with E-state index >= 15 is 0 Å². The summed E-state index contributed by atoms with van der Waals surface area (Å²) in [7, 11) is 1.51. The van der Waals surface area contributed by atoms with Crippen LogP contribution in [0.15, 0.2) is 42.6 Å². The molecule has 3 aromatic rings. The lowest BCUT2D eigenvalue weighted by Crippen LogP contribution is -2.65. The third kappa shape index (κ3) is 4.21. The van der Waals surface area contributed by atoms with Crippen molar-refractivity contribution in [2.75, 3.05) is 30.4 Å². The zero-order chi connectivity index (χ0) is 24.5. The molecular formula is C25H25ClN5O3. The maximum atomic E-state index is 13.8. The van der Waals surface area contributed by atoms with Gasteiger partial charge in [0, 0.05) is 19.2 Å². The van der Waals surface area contributed by atoms with Gasteiger partial charge in [0.25, 0.3) is 6.29 Å². The Balaban J connectivity index is 1.72. The summed E-state index contributed by atoms with van der Waals surface area (Å²) < 4.78 is 5.39. The zero-order valence-electron chi connectivity index (χ0n) is 19.4. The highest BCUT2D eigenvalue weighted by Gasteiger charge is 2.52. The summed E-state index contributed by atoms with van der Waals surface area (Å²) in [4.78, 5) is 30.9. The number of halogens is 1. The van der Waals surface area contributed by atoms with Crippen molar-refractivity contribution in [1.29, 1.82) is 0 Å². The number of aromatic nitrogens is 3. The van der Waals surface area contributed by atoms with Crippen molar-refractivity contribution in [3.05, 3.63) is 70.1 Å². The van der Waals surface area contributed by atoms with Crippen molar-refractivity contribution in [2.45, 2.75) is 32.1 Å². The van der Waals surface area contributed by atoms with Gasteiger partial charge >= 0.3 is 0 Å². The Morgan fingerprint density at radius 3 is 2.62 bits per heavy atom. The SMILES string of the molecule is COc1cc(Cl)ncc1NC(=O)C1(c2ccccc2C(C)C)CN(c2cc(C)c([C]=O)nn2)C1. The van der Waals surface area contributed by atoms with Gasteiger partial charge in [-0.3, -0.25) is 9.59 Å². The summed E-state index contributed by atoms with van der Waals surface area (Å²) in [6.45, 7) is 6.79. The third-order valence-electron chi connectivity index (χ3n) is 6.15. The van der Waals surface area contributed by atoms with Crippen molar-refractivity contribution in [2.24, 2.45) is 0 Å². The topological polar surface area (TPSA) is 97.3 Å². The number of ether oxygens (including phenoxy) is 1. The molecule has 9 heteroatoms. The molecule has 0 unspecified atom stereocenters. The lowest BCUT2D eigenvalue weighted by Gasteiger charge is -2.50. The number of carbonyl (C=O) groups is 1. The summed E-state index contributed by atoms with van der Waals surface area (Å²) >= 11 is 5.99. The molecule has 1 radical (unpaired) electrons. The van der Waals surface area contributed by atoms with E-state index in [1.165, 1.54) is 13.3 Å². The van der Waals surface area contributed by atoms with E-state index in [-0.39, 0.29) is 22.7 Å². The number of aryl methyl sites for hydroxylation is 1. The molecule has 0 atom stereocenters. The lowest BCUT2D eigenvalue weighted by molar-refractivity contribution is -0.122. The van der Waals surface area contributed by atoms with Crippen LogP contribution in [0.1, 0.15) is 42.1 Å². The largest absolute Gasteiger partial charge is 0.494 e. The van der Waals surface area contributed by atoms with Crippen LogP contribution in [0.3, 0.4) is 0 Å². The van der Waals surface area contributed by atoms with Crippen LogP contribution in [0, 0.1) is 6.92 Å². The molecule has 1 N–H and O–H groups in total. The van der Waals surface area contributed by atoms with Gasteiger partial charge in [-0.2, -0.15) is 0 Å². The number of amides is 1. The smallest absolute Gasteiger partial charge is 0.255 e. The van der Waals surface area contributed by atoms with Crippen LogP contribution >= 0.6 is 11.6 Å². The minimum atomic E-state index is -0.837.